The zero-order valence-electron chi connectivity index (χ0n) is 8.49. The van der Waals surface area contributed by atoms with Gasteiger partial charge in [0.1, 0.15) is 5.75 Å². The van der Waals surface area contributed by atoms with Crippen LogP contribution in [0.2, 0.25) is 0 Å². The maximum Gasteiger partial charge on any atom is 0.119 e. The van der Waals surface area contributed by atoms with E-state index in [1.807, 2.05) is 18.2 Å². The Bertz CT molecular complexity index is 338. The van der Waals surface area contributed by atoms with Crippen molar-refractivity contribution in [3.05, 3.63) is 29.3 Å². The van der Waals surface area contributed by atoms with Crippen LogP contribution in [0.15, 0.2) is 18.2 Å². The highest BCUT2D eigenvalue weighted by atomic mass is 16.5. The fraction of sp³-hybridized carbons (Fsp3) is 0.455. The summed E-state index contributed by atoms with van der Waals surface area (Å²) in [6.45, 7) is 0. The summed E-state index contributed by atoms with van der Waals surface area (Å²) in [5.41, 5.74) is 8.40. The lowest BCUT2D eigenvalue weighted by Gasteiger charge is -2.14. The lowest BCUT2D eigenvalue weighted by Crippen LogP contribution is -2.25. The summed E-state index contributed by atoms with van der Waals surface area (Å²) in [7, 11) is 3.37. The van der Waals surface area contributed by atoms with Gasteiger partial charge in [-0.3, -0.25) is 0 Å². The molecule has 0 aromatic heterocycles. The van der Waals surface area contributed by atoms with Gasteiger partial charge < -0.3 is 15.2 Å². The van der Waals surface area contributed by atoms with Gasteiger partial charge in [-0.15, -0.1) is 0 Å². The number of methoxy groups -OCH3 is 2. The van der Waals surface area contributed by atoms with Crippen molar-refractivity contribution >= 4 is 0 Å². The van der Waals surface area contributed by atoms with Gasteiger partial charge >= 0.3 is 0 Å². The Morgan fingerprint density at radius 1 is 1.36 bits per heavy atom. The van der Waals surface area contributed by atoms with Crippen LogP contribution in [-0.2, 0) is 11.2 Å². The molecule has 0 saturated carbocycles. The lowest BCUT2D eigenvalue weighted by molar-refractivity contribution is 0.0902. The van der Waals surface area contributed by atoms with E-state index in [0.29, 0.717) is 0 Å². The second-order valence-corrected chi connectivity index (χ2v) is 3.59. The van der Waals surface area contributed by atoms with Crippen molar-refractivity contribution < 1.29 is 9.47 Å². The minimum Gasteiger partial charge on any atom is -0.497 e. The molecule has 2 atom stereocenters. The third kappa shape index (κ3) is 1.38. The highest BCUT2D eigenvalue weighted by molar-refractivity contribution is 5.41. The summed E-state index contributed by atoms with van der Waals surface area (Å²) in [6.07, 6.45) is 0.904. The quantitative estimate of drug-likeness (QED) is 0.769. The number of hydrogen-bond donors (Lipinski definition) is 1. The fourth-order valence-corrected chi connectivity index (χ4v) is 2.06. The van der Waals surface area contributed by atoms with Crippen molar-refractivity contribution in [2.75, 3.05) is 14.2 Å². The van der Waals surface area contributed by atoms with Crippen molar-refractivity contribution in [1.29, 1.82) is 0 Å². The zero-order valence-corrected chi connectivity index (χ0v) is 8.49. The molecule has 1 aromatic carbocycles. The van der Waals surface area contributed by atoms with Crippen LogP contribution in [0.4, 0.5) is 0 Å². The van der Waals surface area contributed by atoms with Crippen molar-refractivity contribution in [2.45, 2.75) is 18.6 Å². The number of fused-ring (bicyclic) bond motifs is 1. The molecule has 14 heavy (non-hydrogen) atoms. The Balaban J connectivity index is 2.37. The van der Waals surface area contributed by atoms with E-state index in [2.05, 4.69) is 0 Å². The van der Waals surface area contributed by atoms with Crippen LogP contribution in [-0.4, -0.2) is 20.3 Å². The maximum absolute atomic E-state index is 5.97. The van der Waals surface area contributed by atoms with E-state index >= 15 is 0 Å². The molecule has 0 bridgehead atoms. The molecule has 0 aliphatic heterocycles. The minimum absolute atomic E-state index is 0.0379. The molecule has 2 unspecified atom stereocenters. The van der Waals surface area contributed by atoms with Crippen LogP contribution < -0.4 is 10.5 Å². The fourth-order valence-electron chi connectivity index (χ4n) is 2.06. The van der Waals surface area contributed by atoms with E-state index in [1.54, 1.807) is 14.2 Å². The van der Waals surface area contributed by atoms with Gasteiger partial charge in [0.15, 0.2) is 0 Å². The van der Waals surface area contributed by atoms with Crippen molar-refractivity contribution in [3.8, 4) is 5.75 Å². The smallest absolute Gasteiger partial charge is 0.119 e. The van der Waals surface area contributed by atoms with Crippen LogP contribution in [0.25, 0.3) is 0 Å². The molecular weight excluding hydrogens is 178 g/mol. The van der Waals surface area contributed by atoms with E-state index in [-0.39, 0.29) is 12.1 Å². The molecule has 1 aliphatic rings. The first-order valence-corrected chi connectivity index (χ1v) is 4.71. The minimum atomic E-state index is 0.0379. The molecule has 0 saturated heterocycles. The van der Waals surface area contributed by atoms with Crippen LogP contribution in [0, 0.1) is 0 Å². The molecule has 1 aliphatic carbocycles. The van der Waals surface area contributed by atoms with E-state index in [1.165, 1.54) is 11.1 Å². The average Bonchev–Trinajstić information content (AvgIpc) is 2.51. The summed E-state index contributed by atoms with van der Waals surface area (Å²) in [4.78, 5) is 0. The van der Waals surface area contributed by atoms with Crippen molar-refractivity contribution in [3.63, 3.8) is 0 Å². The predicted molar refractivity (Wildman–Crippen MR) is 54.4 cm³/mol. The summed E-state index contributed by atoms with van der Waals surface area (Å²) in [5, 5.41) is 0. The van der Waals surface area contributed by atoms with Gasteiger partial charge in [-0.05, 0) is 29.7 Å². The predicted octanol–water partition coefficient (Wildman–Crippen LogP) is 1.27. The number of hydrogen-bond acceptors (Lipinski definition) is 3. The van der Waals surface area contributed by atoms with Gasteiger partial charge in [0.05, 0.1) is 13.2 Å². The van der Waals surface area contributed by atoms with Gasteiger partial charge in [-0.25, -0.2) is 0 Å². The zero-order chi connectivity index (χ0) is 10.1. The molecule has 0 radical (unpaired) electrons. The van der Waals surface area contributed by atoms with Crippen molar-refractivity contribution in [1.82, 2.24) is 0 Å². The molecule has 0 heterocycles. The summed E-state index contributed by atoms with van der Waals surface area (Å²) in [6, 6.07) is 6.09. The van der Waals surface area contributed by atoms with E-state index in [4.69, 9.17) is 15.2 Å². The molecule has 2 N–H and O–H groups in total. The monoisotopic (exact) mass is 193 g/mol. The van der Waals surface area contributed by atoms with E-state index in [0.717, 1.165) is 12.2 Å². The molecule has 0 spiro atoms. The third-order valence-electron chi connectivity index (χ3n) is 2.76. The number of rotatable bonds is 2. The number of nitrogens with two attached hydrogens (primary N) is 1. The van der Waals surface area contributed by atoms with Gasteiger partial charge in [-0.2, -0.15) is 0 Å². The van der Waals surface area contributed by atoms with Gasteiger partial charge in [0.25, 0.3) is 0 Å². The SMILES string of the molecule is COc1ccc2c(c1)CC(N)C2OC. The summed E-state index contributed by atoms with van der Waals surface area (Å²) < 4.78 is 10.5. The Hall–Kier alpha value is -1.06. The van der Waals surface area contributed by atoms with Crippen LogP contribution >= 0.6 is 0 Å². The molecule has 3 nitrogen and oxygen atoms in total. The normalized spacial score (nSPS) is 24.8. The summed E-state index contributed by atoms with van der Waals surface area (Å²) in [5.74, 6) is 0.882. The first-order valence-electron chi connectivity index (χ1n) is 4.71. The molecule has 3 heteroatoms. The van der Waals surface area contributed by atoms with E-state index < -0.39 is 0 Å². The largest absolute Gasteiger partial charge is 0.497 e. The van der Waals surface area contributed by atoms with Crippen LogP contribution in [0.1, 0.15) is 17.2 Å². The van der Waals surface area contributed by atoms with Crippen LogP contribution in [0.3, 0.4) is 0 Å². The Labute approximate surface area is 83.8 Å². The van der Waals surface area contributed by atoms with E-state index in [9.17, 15) is 0 Å². The number of benzene rings is 1. The average molecular weight is 193 g/mol. The first-order chi connectivity index (χ1) is 6.76. The van der Waals surface area contributed by atoms with Gasteiger partial charge in [0.2, 0.25) is 0 Å². The Kier molecular flexibility index (Phi) is 2.44. The molecule has 1 aromatic rings. The molecule has 2 rings (SSSR count). The van der Waals surface area contributed by atoms with Crippen LogP contribution in [0.5, 0.6) is 5.75 Å². The maximum atomic E-state index is 5.97. The topological polar surface area (TPSA) is 44.5 Å². The second-order valence-electron chi connectivity index (χ2n) is 3.59. The first kappa shape index (κ1) is 9.49. The summed E-state index contributed by atoms with van der Waals surface area (Å²) >= 11 is 0. The highest BCUT2D eigenvalue weighted by Crippen LogP contribution is 2.34. The molecular formula is C11H15NO2. The molecule has 0 amide bonds. The second kappa shape index (κ2) is 3.59. The Morgan fingerprint density at radius 2 is 2.14 bits per heavy atom. The van der Waals surface area contributed by atoms with Gasteiger partial charge in [-0.1, -0.05) is 6.07 Å². The van der Waals surface area contributed by atoms with Gasteiger partial charge in [0, 0.05) is 13.2 Å². The third-order valence-corrected chi connectivity index (χ3v) is 2.76. The number of ether oxygens (including phenoxy) is 2. The van der Waals surface area contributed by atoms with Crippen molar-refractivity contribution in [2.24, 2.45) is 5.73 Å². The lowest BCUT2D eigenvalue weighted by atomic mass is 10.1. The Morgan fingerprint density at radius 3 is 2.79 bits per heavy atom. The standard InChI is InChI=1S/C11H15NO2/c1-13-8-3-4-9-7(5-8)6-10(12)11(9)14-2/h3-5,10-11H,6,12H2,1-2H3. The molecule has 76 valence electrons. The molecule has 0 fully saturated rings. The highest BCUT2D eigenvalue weighted by Gasteiger charge is 2.29.